The van der Waals surface area contributed by atoms with Gasteiger partial charge in [-0.05, 0) is 41.1 Å². The van der Waals surface area contributed by atoms with Crippen LogP contribution < -0.4 is 5.56 Å². The van der Waals surface area contributed by atoms with Gasteiger partial charge in [-0.25, -0.2) is 4.79 Å². The number of pyridine rings is 2. The molecule has 98 valence electrons. The highest BCUT2D eigenvalue weighted by Gasteiger charge is 2.16. The van der Waals surface area contributed by atoms with Crippen LogP contribution in [0.4, 0.5) is 0 Å². The Hall–Kier alpha value is -1.95. The molecule has 0 saturated carbocycles. The van der Waals surface area contributed by atoms with Crippen molar-refractivity contribution in [2.75, 3.05) is 6.61 Å². The summed E-state index contributed by atoms with van der Waals surface area (Å²) < 4.78 is 6.72. The third-order valence-corrected chi connectivity index (χ3v) is 3.05. The first-order valence-corrected chi connectivity index (χ1v) is 6.35. The van der Waals surface area contributed by atoms with E-state index >= 15 is 0 Å². The fourth-order valence-corrected chi connectivity index (χ4v) is 2.09. The maximum Gasteiger partial charge on any atom is 0.343 e. The fraction of sp³-hybridized carbons (Fsp3) is 0.154. The van der Waals surface area contributed by atoms with Crippen molar-refractivity contribution in [2.45, 2.75) is 6.92 Å². The van der Waals surface area contributed by atoms with E-state index in [2.05, 4.69) is 15.9 Å². The lowest BCUT2D eigenvalue weighted by Crippen LogP contribution is -2.24. The number of hydrogen-bond acceptors (Lipinski definition) is 4. The van der Waals surface area contributed by atoms with Crippen LogP contribution >= 0.6 is 15.9 Å². The van der Waals surface area contributed by atoms with Crippen molar-refractivity contribution in [3.05, 3.63) is 50.3 Å². The zero-order valence-electron chi connectivity index (χ0n) is 10.1. The van der Waals surface area contributed by atoms with Crippen LogP contribution in [0.15, 0.2) is 33.7 Å². The summed E-state index contributed by atoms with van der Waals surface area (Å²) in [6.07, 6.45) is 2.11. The molecule has 0 unspecified atom stereocenters. The summed E-state index contributed by atoms with van der Waals surface area (Å²) in [5, 5.41) is 0. The van der Waals surface area contributed by atoms with Gasteiger partial charge in [0.15, 0.2) is 6.29 Å². The Morgan fingerprint density at radius 3 is 2.84 bits per heavy atom. The summed E-state index contributed by atoms with van der Waals surface area (Å²) in [6, 6.07) is 4.60. The van der Waals surface area contributed by atoms with Crippen LogP contribution in [0.1, 0.15) is 27.6 Å². The number of hydrogen-bond donors (Lipinski definition) is 0. The van der Waals surface area contributed by atoms with Gasteiger partial charge in [-0.3, -0.25) is 14.0 Å². The molecule has 0 aliphatic carbocycles. The van der Waals surface area contributed by atoms with Crippen LogP contribution in [-0.4, -0.2) is 23.3 Å². The van der Waals surface area contributed by atoms with Crippen molar-refractivity contribution >= 4 is 33.7 Å². The van der Waals surface area contributed by atoms with Gasteiger partial charge < -0.3 is 4.74 Å². The van der Waals surface area contributed by atoms with Gasteiger partial charge in [0, 0.05) is 16.2 Å². The number of carbonyl (C=O) groups is 2. The molecule has 19 heavy (non-hydrogen) atoms. The van der Waals surface area contributed by atoms with Gasteiger partial charge in [0.05, 0.1) is 12.1 Å². The standard InChI is InChI=1S/C13H10BrNO4/c1-2-19-13(18)10-5-8(7-16)11-4-3-9(14)6-15(11)12(10)17/h3-7H,2H2,1H3. The number of aromatic nitrogens is 1. The summed E-state index contributed by atoms with van der Waals surface area (Å²) in [7, 11) is 0. The van der Waals surface area contributed by atoms with Crippen molar-refractivity contribution < 1.29 is 14.3 Å². The first-order chi connectivity index (χ1) is 9.08. The van der Waals surface area contributed by atoms with Gasteiger partial charge in [-0.15, -0.1) is 0 Å². The molecule has 0 saturated heterocycles. The van der Waals surface area contributed by atoms with E-state index in [4.69, 9.17) is 4.74 Å². The summed E-state index contributed by atoms with van der Waals surface area (Å²) in [5.74, 6) is -0.732. The minimum Gasteiger partial charge on any atom is -0.462 e. The molecule has 0 amide bonds. The zero-order valence-corrected chi connectivity index (χ0v) is 11.6. The molecular formula is C13H10BrNO4. The number of halogens is 1. The monoisotopic (exact) mass is 323 g/mol. The summed E-state index contributed by atoms with van der Waals surface area (Å²) >= 11 is 3.24. The number of esters is 1. The van der Waals surface area contributed by atoms with Crippen molar-refractivity contribution in [3.8, 4) is 0 Å². The van der Waals surface area contributed by atoms with Gasteiger partial charge in [0.1, 0.15) is 5.56 Å². The molecule has 0 aliphatic rings. The van der Waals surface area contributed by atoms with Crippen LogP contribution in [0.5, 0.6) is 0 Å². The molecule has 0 aromatic carbocycles. The van der Waals surface area contributed by atoms with Crippen LogP contribution in [-0.2, 0) is 4.74 Å². The SMILES string of the molecule is CCOC(=O)c1cc(C=O)c2ccc(Br)cn2c1=O. The number of fused-ring (bicyclic) bond motifs is 1. The summed E-state index contributed by atoms with van der Waals surface area (Å²) in [6.45, 7) is 1.81. The highest BCUT2D eigenvalue weighted by atomic mass is 79.9. The lowest BCUT2D eigenvalue weighted by Gasteiger charge is -2.07. The lowest BCUT2D eigenvalue weighted by atomic mass is 10.1. The zero-order chi connectivity index (χ0) is 14.0. The second-order valence-corrected chi connectivity index (χ2v) is 4.68. The molecule has 0 bridgehead atoms. The number of carbonyl (C=O) groups excluding carboxylic acids is 2. The van der Waals surface area contributed by atoms with Gasteiger partial charge in [0.2, 0.25) is 0 Å². The van der Waals surface area contributed by atoms with E-state index in [1.807, 2.05) is 0 Å². The third-order valence-electron chi connectivity index (χ3n) is 2.58. The average Bonchev–Trinajstić information content (AvgIpc) is 2.40. The summed E-state index contributed by atoms with van der Waals surface area (Å²) in [4.78, 5) is 35.0. The highest BCUT2D eigenvalue weighted by molar-refractivity contribution is 9.10. The van der Waals surface area contributed by atoms with Gasteiger partial charge >= 0.3 is 5.97 Å². The maximum atomic E-state index is 12.2. The number of ether oxygens (including phenoxy) is 1. The number of rotatable bonds is 3. The molecule has 0 atom stereocenters. The van der Waals surface area contributed by atoms with Crippen LogP contribution in [0.3, 0.4) is 0 Å². The first kappa shape index (κ1) is 13.5. The van der Waals surface area contributed by atoms with Crippen LogP contribution in [0.2, 0.25) is 0 Å². The van der Waals surface area contributed by atoms with E-state index in [-0.39, 0.29) is 17.7 Å². The molecule has 2 aromatic heterocycles. The molecule has 2 rings (SSSR count). The molecule has 5 nitrogen and oxygen atoms in total. The fourth-order valence-electron chi connectivity index (χ4n) is 1.75. The third kappa shape index (κ3) is 2.44. The van der Waals surface area contributed by atoms with Crippen molar-refractivity contribution in [1.29, 1.82) is 0 Å². The van der Waals surface area contributed by atoms with Crippen LogP contribution in [0.25, 0.3) is 5.52 Å². The Kier molecular flexibility index (Phi) is 3.80. The van der Waals surface area contributed by atoms with Crippen molar-refractivity contribution in [1.82, 2.24) is 4.40 Å². The Balaban J connectivity index is 2.81. The average molecular weight is 324 g/mol. The second kappa shape index (κ2) is 5.36. The molecule has 0 fully saturated rings. The Morgan fingerprint density at radius 1 is 1.47 bits per heavy atom. The van der Waals surface area contributed by atoms with E-state index in [9.17, 15) is 14.4 Å². The first-order valence-electron chi connectivity index (χ1n) is 5.55. The highest BCUT2D eigenvalue weighted by Crippen LogP contribution is 2.14. The maximum absolute atomic E-state index is 12.2. The molecule has 0 aliphatic heterocycles. The van der Waals surface area contributed by atoms with Gasteiger partial charge in [-0.2, -0.15) is 0 Å². The van der Waals surface area contributed by atoms with Gasteiger partial charge in [0.25, 0.3) is 5.56 Å². The topological polar surface area (TPSA) is 64.8 Å². The largest absolute Gasteiger partial charge is 0.462 e. The summed E-state index contributed by atoms with van der Waals surface area (Å²) in [5.41, 5.74) is 0.0336. The Labute approximate surface area is 116 Å². The van der Waals surface area contributed by atoms with E-state index < -0.39 is 11.5 Å². The van der Waals surface area contributed by atoms with Crippen LogP contribution in [0, 0.1) is 0 Å². The second-order valence-electron chi connectivity index (χ2n) is 3.76. The lowest BCUT2D eigenvalue weighted by molar-refractivity contribution is 0.0524. The van der Waals surface area contributed by atoms with E-state index in [0.29, 0.717) is 16.3 Å². The minimum atomic E-state index is -0.732. The minimum absolute atomic E-state index is 0.153. The molecule has 2 heterocycles. The normalized spacial score (nSPS) is 10.4. The van der Waals surface area contributed by atoms with E-state index in [0.717, 1.165) is 0 Å². The molecule has 0 N–H and O–H groups in total. The number of nitrogens with zero attached hydrogens (tertiary/aromatic N) is 1. The smallest absolute Gasteiger partial charge is 0.343 e. The molecule has 0 spiro atoms. The Morgan fingerprint density at radius 2 is 2.21 bits per heavy atom. The molecule has 0 radical (unpaired) electrons. The number of aldehydes is 1. The molecular weight excluding hydrogens is 314 g/mol. The quantitative estimate of drug-likeness (QED) is 0.640. The molecule has 6 heteroatoms. The van der Waals surface area contributed by atoms with Crippen molar-refractivity contribution in [2.24, 2.45) is 0 Å². The Bertz CT molecular complexity index is 720. The van der Waals surface area contributed by atoms with E-state index in [1.165, 1.54) is 16.7 Å². The van der Waals surface area contributed by atoms with Gasteiger partial charge in [-0.1, -0.05) is 0 Å². The van der Waals surface area contributed by atoms with E-state index in [1.54, 1.807) is 19.1 Å². The predicted octanol–water partition coefficient (Wildman–Crippen LogP) is 2.05. The predicted molar refractivity (Wildman–Crippen MR) is 72.7 cm³/mol. The van der Waals surface area contributed by atoms with Crippen molar-refractivity contribution in [3.63, 3.8) is 0 Å². The molecule has 2 aromatic rings.